The molecule has 0 saturated carbocycles. The van der Waals surface area contributed by atoms with Crippen LogP contribution in [-0.2, 0) is 4.79 Å². The predicted molar refractivity (Wildman–Crippen MR) is 125 cm³/mol. The van der Waals surface area contributed by atoms with Crippen LogP contribution < -0.4 is 5.32 Å². The minimum atomic E-state index is -0.208. The number of aromatic nitrogens is 1. The first-order valence-electron chi connectivity index (χ1n) is 11.3. The maximum atomic E-state index is 12.5. The lowest BCUT2D eigenvalue weighted by molar-refractivity contribution is -0.127. The van der Waals surface area contributed by atoms with Gasteiger partial charge in [0.05, 0.1) is 11.9 Å². The number of azo groups is 1. The fourth-order valence-corrected chi connectivity index (χ4v) is 4.29. The maximum absolute atomic E-state index is 12.5. The molecule has 3 heterocycles. The van der Waals surface area contributed by atoms with Gasteiger partial charge in [0.1, 0.15) is 11.7 Å². The van der Waals surface area contributed by atoms with E-state index in [1.54, 1.807) is 6.20 Å². The summed E-state index contributed by atoms with van der Waals surface area (Å²) in [6, 6.07) is 19.4. The average molecular weight is 440 g/mol. The summed E-state index contributed by atoms with van der Waals surface area (Å²) in [6.45, 7) is 2.08. The first-order chi connectivity index (χ1) is 16.2. The van der Waals surface area contributed by atoms with E-state index in [9.17, 15) is 9.59 Å². The number of pyridine rings is 1. The van der Waals surface area contributed by atoms with Crippen LogP contribution in [0.5, 0.6) is 0 Å². The minimum absolute atomic E-state index is 0.113. The van der Waals surface area contributed by atoms with Crippen LogP contribution in [0, 0.1) is 0 Å². The van der Waals surface area contributed by atoms with Crippen LogP contribution in [0.25, 0.3) is 11.3 Å². The molecule has 3 aromatic rings. The molecule has 5 rings (SSSR count). The van der Waals surface area contributed by atoms with Crippen LogP contribution >= 0.6 is 0 Å². The molecule has 2 aliphatic rings. The van der Waals surface area contributed by atoms with Crippen molar-refractivity contribution in [1.82, 2.24) is 15.2 Å². The largest absolute Gasteiger partial charge is 0.352 e. The monoisotopic (exact) mass is 439 g/mol. The van der Waals surface area contributed by atoms with Gasteiger partial charge in [-0.15, -0.1) is 0 Å². The van der Waals surface area contributed by atoms with Gasteiger partial charge in [-0.3, -0.25) is 14.6 Å². The van der Waals surface area contributed by atoms with E-state index in [0.29, 0.717) is 25.1 Å². The molecule has 0 spiro atoms. The SMILES string of the molecule is O=C(NCCCN1CCCC1=O)c1ccc(C2N=Nc3cnc(-c4ccccc4)cc32)cc1. The Bertz CT molecular complexity index is 1190. The van der Waals surface area contributed by atoms with Gasteiger partial charge in [-0.25, -0.2) is 0 Å². The summed E-state index contributed by atoms with van der Waals surface area (Å²) in [5, 5.41) is 11.7. The number of likely N-dealkylation sites (tertiary alicyclic amines) is 1. The van der Waals surface area contributed by atoms with E-state index in [1.807, 2.05) is 65.6 Å². The summed E-state index contributed by atoms with van der Waals surface area (Å²) in [4.78, 5) is 30.5. The molecule has 1 N–H and O–H groups in total. The third-order valence-corrected chi connectivity index (χ3v) is 6.11. The lowest BCUT2D eigenvalue weighted by atomic mass is 9.97. The molecule has 1 unspecified atom stereocenters. The molecular formula is C26H25N5O2. The molecule has 0 radical (unpaired) electrons. The Labute approximate surface area is 192 Å². The molecule has 1 atom stereocenters. The van der Waals surface area contributed by atoms with Crippen molar-refractivity contribution in [1.29, 1.82) is 0 Å². The Morgan fingerprint density at radius 1 is 1.09 bits per heavy atom. The highest BCUT2D eigenvalue weighted by atomic mass is 16.2. The van der Waals surface area contributed by atoms with Gasteiger partial charge in [-0.2, -0.15) is 10.2 Å². The van der Waals surface area contributed by atoms with Gasteiger partial charge >= 0.3 is 0 Å². The number of amides is 2. The summed E-state index contributed by atoms with van der Waals surface area (Å²) in [5.41, 5.74) is 5.30. The van der Waals surface area contributed by atoms with Crippen molar-refractivity contribution in [3.05, 3.63) is 83.6 Å². The zero-order chi connectivity index (χ0) is 22.6. The lowest BCUT2D eigenvalue weighted by Crippen LogP contribution is -2.30. The molecule has 2 aromatic carbocycles. The summed E-state index contributed by atoms with van der Waals surface area (Å²) < 4.78 is 0. The Morgan fingerprint density at radius 3 is 2.67 bits per heavy atom. The van der Waals surface area contributed by atoms with E-state index >= 15 is 0 Å². The number of carbonyl (C=O) groups excluding carboxylic acids is 2. The van der Waals surface area contributed by atoms with Gasteiger partial charge in [-0.1, -0.05) is 42.5 Å². The first kappa shape index (κ1) is 21.0. The van der Waals surface area contributed by atoms with E-state index in [0.717, 1.165) is 47.5 Å². The summed E-state index contributed by atoms with van der Waals surface area (Å²) >= 11 is 0. The van der Waals surface area contributed by atoms with Gasteiger partial charge in [0, 0.05) is 42.7 Å². The molecule has 33 heavy (non-hydrogen) atoms. The van der Waals surface area contributed by atoms with Crippen LogP contribution in [0.15, 0.2) is 77.1 Å². The standard InChI is InChI=1S/C26H25N5O2/c32-24-8-4-14-31(24)15-5-13-27-26(33)20-11-9-19(10-12-20)25-21-16-22(18-6-2-1-3-7-18)28-17-23(21)29-30-25/h1-3,6-7,9-12,16-17,25H,4-5,8,13-15H2,(H,27,33). The van der Waals surface area contributed by atoms with Gasteiger partial charge < -0.3 is 10.2 Å². The van der Waals surface area contributed by atoms with Crippen LogP contribution in [0.1, 0.15) is 46.8 Å². The molecule has 166 valence electrons. The fraction of sp³-hybridized carbons (Fsp3) is 0.269. The Hall–Kier alpha value is -3.87. The third-order valence-electron chi connectivity index (χ3n) is 6.11. The zero-order valence-corrected chi connectivity index (χ0v) is 18.3. The molecular weight excluding hydrogens is 414 g/mol. The number of fused-ring (bicyclic) bond motifs is 1. The van der Waals surface area contributed by atoms with Crippen LogP contribution in [0.4, 0.5) is 5.69 Å². The average Bonchev–Trinajstić information content (AvgIpc) is 3.47. The molecule has 7 nitrogen and oxygen atoms in total. The maximum Gasteiger partial charge on any atom is 0.251 e. The number of hydrogen-bond acceptors (Lipinski definition) is 5. The highest BCUT2D eigenvalue weighted by Crippen LogP contribution is 2.40. The van der Waals surface area contributed by atoms with Crippen LogP contribution in [0.3, 0.4) is 0 Å². The molecule has 1 saturated heterocycles. The molecule has 1 fully saturated rings. The van der Waals surface area contributed by atoms with Crippen molar-refractivity contribution in [2.24, 2.45) is 10.2 Å². The van der Waals surface area contributed by atoms with Gasteiger partial charge in [0.25, 0.3) is 5.91 Å². The number of nitrogens with one attached hydrogen (secondary N) is 1. The Morgan fingerprint density at radius 2 is 1.91 bits per heavy atom. The zero-order valence-electron chi connectivity index (χ0n) is 18.3. The minimum Gasteiger partial charge on any atom is -0.352 e. The van der Waals surface area contributed by atoms with E-state index < -0.39 is 0 Å². The van der Waals surface area contributed by atoms with Crippen LogP contribution in [0.2, 0.25) is 0 Å². The van der Waals surface area contributed by atoms with Crippen molar-refractivity contribution in [3.63, 3.8) is 0 Å². The molecule has 7 heteroatoms. The van der Waals surface area contributed by atoms with Gasteiger partial charge in [0.2, 0.25) is 5.91 Å². The van der Waals surface area contributed by atoms with Crippen molar-refractivity contribution >= 4 is 17.5 Å². The van der Waals surface area contributed by atoms with E-state index in [2.05, 4.69) is 20.5 Å². The topological polar surface area (TPSA) is 87.0 Å². The fourth-order valence-electron chi connectivity index (χ4n) is 4.29. The smallest absolute Gasteiger partial charge is 0.251 e. The second-order valence-corrected chi connectivity index (χ2v) is 8.33. The van der Waals surface area contributed by atoms with Crippen molar-refractivity contribution in [2.75, 3.05) is 19.6 Å². The second kappa shape index (κ2) is 9.32. The molecule has 1 aromatic heterocycles. The van der Waals surface area contributed by atoms with Crippen molar-refractivity contribution < 1.29 is 9.59 Å². The summed E-state index contributed by atoms with van der Waals surface area (Å²) in [5.74, 6) is 0.104. The molecule has 2 aliphatic heterocycles. The number of carbonyl (C=O) groups is 2. The van der Waals surface area contributed by atoms with Gasteiger partial charge in [0.15, 0.2) is 0 Å². The molecule has 2 amide bonds. The number of hydrogen-bond donors (Lipinski definition) is 1. The highest BCUT2D eigenvalue weighted by molar-refractivity contribution is 5.94. The van der Waals surface area contributed by atoms with Gasteiger partial charge in [-0.05, 0) is 36.6 Å². The number of rotatable bonds is 7. The summed E-state index contributed by atoms with van der Waals surface area (Å²) in [7, 11) is 0. The van der Waals surface area contributed by atoms with E-state index in [4.69, 9.17) is 0 Å². The normalized spacial score (nSPS) is 16.8. The number of nitrogens with zero attached hydrogens (tertiary/aromatic N) is 4. The lowest BCUT2D eigenvalue weighted by Gasteiger charge is -2.15. The Kier molecular flexibility index (Phi) is 5.93. The quantitative estimate of drug-likeness (QED) is 0.543. The first-order valence-corrected chi connectivity index (χ1v) is 11.3. The predicted octanol–water partition coefficient (Wildman–Crippen LogP) is 4.68. The number of benzene rings is 2. The van der Waals surface area contributed by atoms with Crippen molar-refractivity contribution in [3.8, 4) is 11.3 Å². The van der Waals surface area contributed by atoms with Crippen molar-refractivity contribution in [2.45, 2.75) is 25.3 Å². The van der Waals surface area contributed by atoms with E-state index in [1.165, 1.54) is 0 Å². The molecule has 0 bridgehead atoms. The Balaban J connectivity index is 1.22. The second-order valence-electron chi connectivity index (χ2n) is 8.33. The third kappa shape index (κ3) is 4.53. The molecule has 0 aliphatic carbocycles. The highest BCUT2D eigenvalue weighted by Gasteiger charge is 2.24. The summed E-state index contributed by atoms with van der Waals surface area (Å²) in [6.07, 6.45) is 4.10. The van der Waals surface area contributed by atoms with Crippen LogP contribution in [-0.4, -0.2) is 41.3 Å². The van der Waals surface area contributed by atoms with E-state index in [-0.39, 0.29) is 17.9 Å².